The first kappa shape index (κ1) is 17.6. The van der Waals surface area contributed by atoms with Gasteiger partial charge in [0.25, 0.3) is 5.91 Å². The number of piperidine rings is 1. The highest BCUT2D eigenvalue weighted by atomic mass is 16.2. The molecule has 142 valence electrons. The zero-order chi connectivity index (χ0) is 18.3. The fourth-order valence-corrected chi connectivity index (χ4v) is 5.14. The summed E-state index contributed by atoms with van der Waals surface area (Å²) in [5, 5.41) is 0. The van der Waals surface area contributed by atoms with Crippen molar-refractivity contribution in [2.45, 2.75) is 57.5 Å². The SMILES string of the molecule is Cn1c(C(N)=O)cc2c1CN(C(=O)[C@H]1CCCN(C3CCCC3)C1)CC2. The zero-order valence-corrected chi connectivity index (χ0v) is 15.7. The van der Waals surface area contributed by atoms with Crippen LogP contribution in [0.4, 0.5) is 0 Å². The van der Waals surface area contributed by atoms with Gasteiger partial charge in [-0.15, -0.1) is 0 Å². The Labute approximate surface area is 155 Å². The monoisotopic (exact) mass is 358 g/mol. The Morgan fingerprint density at radius 3 is 2.62 bits per heavy atom. The highest BCUT2D eigenvalue weighted by Gasteiger charge is 2.34. The first-order valence-corrected chi connectivity index (χ1v) is 10.0. The lowest BCUT2D eigenvalue weighted by atomic mass is 9.94. The molecule has 0 aromatic carbocycles. The molecule has 2 amide bonds. The minimum absolute atomic E-state index is 0.127. The first-order chi connectivity index (χ1) is 12.5. The van der Waals surface area contributed by atoms with Crippen LogP contribution in [0.15, 0.2) is 6.07 Å². The number of primary amides is 1. The van der Waals surface area contributed by atoms with Crippen LogP contribution in [-0.4, -0.2) is 51.9 Å². The van der Waals surface area contributed by atoms with E-state index in [2.05, 4.69) is 4.90 Å². The van der Waals surface area contributed by atoms with Gasteiger partial charge in [-0.05, 0) is 50.3 Å². The van der Waals surface area contributed by atoms with Gasteiger partial charge in [0.15, 0.2) is 0 Å². The molecule has 1 aromatic heterocycles. The number of aromatic nitrogens is 1. The van der Waals surface area contributed by atoms with Gasteiger partial charge in [-0.1, -0.05) is 12.8 Å². The predicted octanol–water partition coefficient (Wildman–Crippen LogP) is 1.66. The molecule has 4 rings (SSSR count). The number of rotatable bonds is 3. The number of nitrogens with two attached hydrogens (primary N) is 1. The molecule has 2 fully saturated rings. The number of hydrogen-bond donors (Lipinski definition) is 1. The molecule has 0 bridgehead atoms. The summed E-state index contributed by atoms with van der Waals surface area (Å²) in [6.07, 6.45) is 8.21. The van der Waals surface area contributed by atoms with Gasteiger partial charge in [0.05, 0.1) is 12.5 Å². The van der Waals surface area contributed by atoms with Crippen LogP contribution >= 0.6 is 0 Å². The summed E-state index contributed by atoms with van der Waals surface area (Å²) in [6, 6.07) is 2.59. The van der Waals surface area contributed by atoms with Crippen molar-refractivity contribution < 1.29 is 9.59 Å². The van der Waals surface area contributed by atoms with Crippen LogP contribution < -0.4 is 5.73 Å². The van der Waals surface area contributed by atoms with E-state index in [0.29, 0.717) is 24.2 Å². The summed E-state index contributed by atoms with van der Waals surface area (Å²) in [4.78, 5) is 29.3. The van der Waals surface area contributed by atoms with Crippen molar-refractivity contribution in [2.75, 3.05) is 19.6 Å². The van der Waals surface area contributed by atoms with Crippen molar-refractivity contribution in [3.05, 3.63) is 23.0 Å². The lowest BCUT2D eigenvalue weighted by Crippen LogP contribution is -2.48. The lowest BCUT2D eigenvalue weighted by Gasteiger charge is -2.39. The summed E-state index contributed by atoms with van der Waals surface area (Å²) in [5.41, 5.74) is 8.22. The Hall–Kier alpha value is -1.82. The second-order valence-electron chi connectivity index (χ2n) is 8.21. The third kappa shape index (κ3) is 3.15. The number of carbonyl (C=O) groups excluding carboxylic acids is 2. The van der Waals surface area contributed by atoms with Crippen molar-refractivity contribution in [1.82, 2.24) is 14.4 Å². The fraction of sp³-hybridized carbons (Fsp3) is 0.700. The maximum atomic E-state index is 13.2. The molecule has 3 heterocycles. The van der Waals surface area contributed by atoms with Crippen LogP contribution in [0.3, 0.4) is 0 Å². The molecule has 0 unspecified atom stereocenters. The Kier molecular flexibility index (Phi) is 4.78. The number of carbonyl (C=O) groups is 2. The standard InChI is InChI=1S/C20H30N4O2/c1-22-17(19(21)25)11-14-8-10-24(13-18(14)22)20(26)15-5-4-9-23(12-15)16-6-2-3-7-16/h11,15-16H,2-10,12-13H2,1H3,(H2,21,25)/t15-/m0/s1. The van der Waals surface area contributed by atoms with Gasteiger partial charge in [-0.25, -0.2) is 0 Å². The van der Waals surface area contributed by atoms with E-state index < -0.39 is 5.91 Å². The van der Waals surface area contributed by atoms with Crippen LogP contribution in [-0.2, 0) is 24.8 Å². The number of amides is 2. The van der Waals surface area contributed by atoms with Crippen LogP contribution in [0, 0.1) is 5.92 Å². The van der Waals surface area contributed by atoms with E-state index in [1.807, 2.05) is 22.6 Å². The van der Waals surface area contributed by atoms with Gasteiger partial charge in [-0.3, -0.25) is 14.5 Å². The Morgan fingerprint density at radius 1 is 1.12 bits per heavy atom. The Balaban J connectivity index is 1.44. The van der Waals surface area contributed by atoms with Gasteiger partial charge in [0.2, 0.25) is 5.91 Å². The number of likely N-dealkylation sites (tertiary alicyclic amines) is 1. The van der Waals surface area contributed by atoms with E-state index in [0.717, 1.165) is 50.2 Å². The summed E-state index contributed by atoms with van der Waals surface area (Å²) in [5.74, 6) is 0.0150. The summed E-state index contributed by atoms with van der Waals surface area (Å²) < 4.78 is 1.86. The molecule has 0 spiro atoms. The van der Waals surface area contributed by atoms with E-state index in [9.17, 15) is 9.59 Å². The highest BCUT2D eigenvalue weighted by molar-refractivity contribution is 5.91. The van der Waals surface area contributed by atoms with Crippen molar-refractivity contribution in [3.63, 3.8) is 0 Å². The van der Waals surface area contributed by atoms with E-state index in [1.54, 1.807) is 0 Å². The van der Waals surface area contributed by atoms with Crippen LogP contribution in [0.1, 0.15) is 60.3 Å². The number of nitrogens with zero attached hydrogens (tertiary/aromatic N) is 3. The maximum Gasteiger partial charge on any atom is 0.265 e. The topological polar surface area (TPSA) is 71.6 Å². The molecular formula is C20H30N4O2. The Morgan fingerprint density at radius 2 is 1.88 bits per heavy atom. The average molecular weight is 358 g/mol. The molecule has 1 saturated carbocycles. The minimum Gasteiger partial charge on any atom is -0.364 e. The third-order valence-corrected chi connectivity index (χ3v) is 6.65. The quantitative estimate of drug-likeness (QED) is 0.893. The molecule has 1 saturated heterocycles. The second-order valence-corrected chi connectivity index (χ2v) is 8.21. The van der Waals surface area contributed by atoms with Crippen LogP contribution in [0.5, 0.6) is 0 Å². The van der Waals surface area contributed by atoms with Crippen molar-refractivity contribution in [3.8, 4) is 0 Å². The van der Waals surface area contributed by atoms with E-state index in [1.165, 1.54) is 25.7 Å². The van der Waals surface area contributed by atoms with E-state index in [-0.39, 0.29) is 5.92 Å². The summed E-state index contributed by atoms with van der Waals surface area (Å²) in [6.45, 7) is 3.41. The molecule has 1 aliphatic carbocycles. The van der Waals surface area contributed by atoms with Crippen molar-refractivity contribution in [1.29, 1.82) is 0 Å². The average Bonchev–Trinajstić information content (AvgIpc) is 3.29. The van der Waals surface area contributed by atoms with Crippen molar-refractivity contribution in [2.24, 2.45) is 18.7 Å². The van der Waals surface area contributed by atoms with Gasteiger partial charge in [0, 0.05) is 31.9 Å². The van der Waals surface area contributed by atoms with Crippen LogP contribution in [0.2, 0.25) is 0 Å². The highest BCUT2D eigenvalue weighted by Crippen LogP contribution is 2.30. The summed E-state index contributed by atoms with van der Waals surface area (Å²) in [7, 11) is 1.87. The van der Waals surface area contributed by atoms with Gasteiger partial charge < -0.3 is 15.2 Å². The molecule has 6 nitrogen and oxygen atoms in total. The molecule has 2 N–H and O–H groups in total. The number of fused-ring (bicyclic) bond motifs is 1. The fourth-order valence-electron chi connectivity index (χ4n) is 5.14. The minimum atomic E-state index is -0.403. The van der Waals surface area contributed by atoms with Gasteiger partial charge in [0.1, 0.15) is 5.69 Å². The molecule has 26 heavy (non-hydrogen) atoms. The lowest BCUT2D eigenvalue weighted by molar-refractivity contribution is -0.138. The smallest absolute Gasteiger partial charge is 0.265 e. The second kappa shape index (κ2) is 7.06. The first-order valence-electron chi connectivity index (χ1n) is 10.0. The maximum absolute atomic E-state index is 13.2. The third-order valence-electron chi connectivity index (χ3n) is 6.65. The van der Waals surface area contributed by atoms with Crippen molar-refractivity contribution >= 4 is 11.8 Å². The van der Waals surface area contributed by atoms with Gasteiger partial charge >= 0.3 is 0 Å². The zero-order valence-electron chi connectivity index (χ0n) is 15.7. The molecular weight excluding hydrogens is 328 g/mol. The van der Waals surface area contributed by atoms with E-state index >= 15 is 0 Å². The normalized spacial score (nSPS) is 24.7. The Bertz CT molecular complexity index is 705. The molecule has 1 atom stereocenters. The largest absolute Gasteiger partial charge is 0.364 e. The molecule has 1 aromatic rings. The molecule has 0 radical (unpaired) electrons. The molecule has 3 aliphatic rings. The predicted molar refractivity (Wildman–Crippen MR) is 99.6 cm³/mol. The van der Waals surface area contributed by atoms with Gasteiger partial charge in [-0.2, -0.15) is 0 Å². The number of hydrogen-bond acceptors (Lipinski definition) is 3. The van der Waals surface area contributed by atoms with Crippen LogP contribution in [0.25, 0.3) is 0 Å². The summed E-state index contributed by atoms with van der Waals surface area (Å²) >= 11 is 0. The molecule has 2 aliphatic heterocycles. The van der Waals surface area contributed by atoms with E-state index in [4.69, 9.17) is 5.73 Å². The molecule has 6 heteroatoms.